The minimum Gasteiger partial charge on any atom is -0.398 e. The number of carbonyl (C=O) groups is 1. The van der Waals surface area contributed by atoms with Crippen molar-refractivity contribution in [2.24, 2.45) is 0 Å². The van der Waals surface area contributed by atoms with Crippen LogP contribution in [0.1, 0.15) is 28.7 Å². The topological polar surface area (TPSA) is 73.8 Å². The third-order valence-electron chi connectivity index (χ3n) is 2.99. The van der Waals surface area contributed by atoms with Crippen LogP contribution >= 0.6 is 0 Å². The molecule has 0 fully saturated rings. The van der Waals surface area contributed by atoms with E-state index < -0.39 is 0 Å². The number of ketones is 1. The second kappa shape index (κ2) is 5.00. The predicted molar refractivity (Wildman–Crippen MR) is 69.3 cm³/mol. The highest BCUT2D eigenvalue weighted by molar-refractivity contribution is 5.99. The van der Waals surface area contributed by atoms with Gasteiger partial charge >= 0.3 is 0 Å². The number of hydrogen-bond acceptors (Lipinski definition) is 4. The van der Waals surface area contributed by atoms with Crippen molar-refractivity contribution in [3.05, 3.63) is 41.5 Å². The standard InChI is InChI=1S/C13H16N4O/c1-3-17-13(15-8-16-17)7-12(18)10-5-4-6-11(14)9(10)2/h4-6,8H,3,7,14H2,1-2H3. The summed E-state index contributed by atoms with van der Waals surface area (Å²) in [5.41, 5.74) is 7.92. The number of nitrogens with zero attached hydrogens (tertiary/aromatic N) is 3. The van der Waals surface area contributed by atoms with E-state index in [1.54, 1.807) is 22.9 Å². The van der Waals surface area contributed by atoms with Crippen LogP contribution in [0.5, 0.6) is 0 Å². The van der Waals surface area contributed by atoms with Gasteiger partial charge in [0.15, 0.2) is 5.78 Å². The SMILES string of the molecule is CCn1ncnc1CC(=O)c1cccc(N)c1C. The Morgan fingerprint density at radius 2 is 2.22 bits per heavy atom. The molecule has 5 heteroatoms. The third kappa shape index (κ3) is 2.25. The maximum atomic E-state index is 12.2. The number of hydrogen-bond donors (Lipinski definition) is 1. The summed E-state index contributed by atoms with van der Waals surface area (Å²) in [4.78, 5) is 16.3. The van der Waals surface area contributed by atoms with Gasteiger partial charge in [0.2, 0.25) is 0 Å². The molecule has 0 radical (unpaired) electrons. The first-order chi connectivity index (χ1) is 8.63. The Morgan fingerprint density at radius 1 is 1.44 bits per heavy atom. The summed E-state index contributed by atoms with van der Waals surface area (Å²) in [6.45, 7) is 4.53. The van der Waals surface area contributed by atoms with Crippen LogP contribution in [-0.4, -0.2) is 20.5 Å². The van der Waals surface area contributed by atoms with E-state index in [-0.39, 0.29) is 12.2 Å². The van der Waals surface area contributed by atoms with Crippen molar-refractivity contribution < 1.29 is 4.79 Å². The van der Waals surface area contributed by atoms with E-state index in [1.807, 2.05) is 13.8 Å². The average Bonchev–Trinajstić information content (AvgIpc) is 2.79. The molecule has 0 spiro atoms. The molecule has 2 rings (SSSR count). The Bertz CT molecular complexity index is 574. The number of anilines is 1. The summed E-state index contributed by atoms with van der Waals surface area (Å²) < 4.78 is 1.72. The van der Waals surface area contributed by atoms with E-state index in [0.717, 1.165) is 5.56 Å². The lowest BCUT2D eigenvalue weighted by Crippen LogP contribution is -2.12. The Kier molecular flexibility index (Phi) is 3.41. The van der Waals surface area contributed by atoms with Crippen LogP contribution in [0, 0.1) is 6.92 Å². The summed E-state index contributed by atoms with van der Waals surface area (Å²) >= 11 is 0. The fraction of sp³-hybridized carbons (Fsp3) is 0.308. The number of carbonyl (C=O) groups excluding carboxylic acids is 1. The lowest BCUT2D eigenvalue weighted by atomic mass is 10.0. The van der Waals surface area contributed by atoms with E-state index in [2.05, 4.69) is 10.1 Å². The zero-order valence-corrected chi connectivity index (χ0v) is 10.6. The van der Waals surface area contributed by atoms with Crippen LogP contribution in [0.4, 0.5) is 5.69 Å². The number of benzene rings is 1. The van der Waals surface area contributed by atoms with Crippen LogP contribution in [-0.2, 0) is 13.0 Å². The molecule has 0 amide bonds. The number of rotatable bonds is 4. The lowest BCUT2D eigenvalue weighted by Gasteiger charge is -2.07. The zero-order chi connectivity index (χ0) is 13.1. The van der Waals surface area contributed by atoms with Crippen LogP contribution < -0.4 is 5.73 Å². The van der Waals surface area contributed by atoms with Gasteiger partial charge in [0, 0.05) is 17.8 Å². The highest BCUT2D eigenvalue weighted by Crippen LogP contribution is 2.17. The highest BCUT2D eigenvalue weighted by atomic mass is 16.1. The van der Waals surface area contributed by atoms with E-state index in [0.29, 0.717) is 23.6 Å². The minimum absolute atomic E-state index is 0.0162. The van der Waals surface area contributed by atoms with Gasteiger partial charge in [-0.2, -0.15) is 5.10 Å². The van der Waals surface area contributed by atoms with Crippen LogP contribution in [0.15, 0.2) is 24.5 Å². The molecule has 0 saturated carbocycles. The molecule has 18 heavy (non-hydrogen) atoms. The van der Waals surface area contributed by atoms with Crippen molar-refractivity contribution in [1.29, 1.82) is 0 Å². The fourth-order valence-corrected chi connectivity index (χ4v) is 1.88. The third-order valence-corrected chi connectivity index (χ3v) is 2.99. The van der Waals surface area contributed by atoms with Gasteiger partial charge in [0.1, 0.15) is 12.2 Å². The maximum absolute atomic E-state index is 12.2. The summed E-state index contributed by atoms with van der Waals surface area (Å²) in [6, 6.07) is 5.38. The molecule has 0 atom stereocenters. The van der Waals surface area contributed by atoms with E-state index in [1.165, 1.54) is 6.33 Å². The van der Waals surface area contributed by atoms with Crippen molar-refractivity contribution >= 4 is 11.5 Å². The molecule has 2 aromatic rings. The first-order valence-corrected chi connectivity index (χ1v) is 5.88. The van der Waals surface area contributed by atoms with Gasteiger partial charge in [-0.15, -0.1) is 0 Å². The molecule has 0 saturated heterocycles. The van der Waals surface area contributed by atoms with Crippen LogP contribution in [0.2, 0.25) is 0 Å². The smallest absolute Gasteiger partial charge is 0.170 e. The van der Waals surface area contributed by atoms with Gasteiger partial charge in [0.25, 0.3) is 0 Å². The fourth-order valence-electron chi connectivity index (χ4n) is 1.88. The lowest BCUT2D eigenvalue weighted by molar-refractivity contribution is 0.0989. The molecule has 94 valence electrons. The number of Topliss-reactive ketones (excluding diaryl/α,β-unsaturated/α-hetero) is 1. The number of aromatic nitrogens is 3. The van der Waals surface area contributed by atoms with Crippen LogP contribution in [0.3, 0.4) is 0 Å². The average molecular weight is 244 g/mol. The van der Waals surface area contributed by atoms with Crippen LogP contribution in [0.25, 0.3) is 0 Å². The molecule has 0 aliphatic carbocycles. The first kappa shape index (κ1) is 12.3. The predicted octanol–water partition coefficient (Wildman–Crippen LogP) is 1.61. The largest absolute Gasteiger partial charge is 0.398 e. The van der Waals surface area contributed by atoms with Gasteiger partial charge in [-0.1, -0.05) is 12.1 Å². The Morgan fingerprint density at radius 3 is 2.94 bits per heavy atom. The second-order valence-corrected chi connectivity index (χ2v) is 4.11. The highest BCUT2D eigenvalue weighted by Gasteiger charge is 2.14. The Hall–Kier alpha value is -2.17. The van der Waals surface area contributed by atoms with Gasteiger partial charge in [0.05, 0.1) is 6.42 Å². The van der Waals surface area contributed by atoms with Gasteiger partial charge in [-0.25, -0.2) is 9.67 Å². The summed E-state index contributed by atoms with van der Waals surface area (Å²) in [5, 5.41) is 4.05. The molecule has 1 aromatic heterocycles. The van der Waals surface area contributed by atoms with Crippen molar-refractivity contribution in [2.75, 3.05) is 5.73 Å². The van der Waals surface area contributed by atoms with Crippen molar-refractivity contribution in [1.82, 2.24) is 14.8 Å². The van der Waals surface area contributed by atoms with Crippen molar-refractivity contribution in [2.45, 2.75) is 26.8 Å². The molecule has 0 bridgehead atoms. The quantitative estimate of drug-likeness (QED) is 0.655. The number of nitrogen functional groups attached to an aromatic ring is 1. The molecule has 0 unspecified atom stereocenters. The van der Waals surface area contributed by atoms with E-state index in [4.69, 9.17) is 5.73 Å². The van der Waals surface area contributed by atoms with Gasteiger partial charge in [-0.3, -0.25) is 4.79 Å². The maximum Gasteiger partial charge on any atom is 0.170 e. The molecule has 0 aliphatic heterocycles. The summed E-state index contributed by atoms with van der Waals surface area (Å²) in [7, 11) is 0. The molecule has 1 aromatic carbocycles. The molecule has 2 N–H and O–H groups in total. The second-order valence-electron chi connectivity index (χ2n) is 4.11. The molecular weight excluding hydrogens is 228 g/mol. The summed E-state index contributed by atoms with van der Waals surface area (Å²) in [6.07, 6.45) is 1.72. The van der Waals surface area contributed by atoms with Crippen molar-refractivity contribution in [3.8, 4) is 0 Å². The first-order valence-electron chi connectivity index (χ1n) is 5.88. The monoisotopic (exact) mass is 244 g/mol. The minimum atomic E-state index is 0.0162. The van der Waals surface area contributed by atoms with E-state index >= 15 is 0 Å². The Labute approximate surface area is 106 Å². The zero-order valence-electron chi connectivity index (χ0n) is 10.6. The molecular formula is C13H16N4O. The van der Waals surface area contributed by atoms with Gasteiger partial charge in [-0.05, 0) is 25.5 Å². The molecule has 5 nitrogen and oxygen atoms in total. The van der Waals surface area contributed by atoms with Gasteiger partial charge < -0.3 is 5.73 Å². The molecule has 1 heterocycles. The summed E-state index contributed by atoms with van der Waals surface area (Å²) in [5.74, 6) is 0.701. The Balaban J connectivity index is 2.25. The van der Waals surface area contributed by atoms with E-state index in [9.17, 15) is 4.79 Å². The van der Waals surface area contributed by atoms with Crippen molar-refractivity contribution in [3.63, 3.8) is 0 Å². The number of nitrogens with two attached hydrogens (primary N) is 1. The normalized spacial score (nSPS) is 10.6. The molecule has 0 aliphatic rings. The number of aryl methyl sites for hydroxylation is 1.